The van der Waals surface area contributed by atoms with Crippen LogP contribution in [0.25, 0.3) is 0 Å². The molecule has 1 N–H and O–H groups in total. The lowest BCUT2D eigenvalue weighted by atomic mass is 10.1. The number of hydrogen-bond acceptors (Lipinski definition) is 5. The van der Waals surface area contributed by atoms with Crippen molar-refractivity contribution in [3.05, 3.63) is 47.5 Å². The van der Waals surface area contributed by atoms with Gasteiger partial charge in [-0.15, -0.1) is 0 Å². The van der Waals surface area contributed by atoms with Gasteiger partial charge < -0.3 is 14.4 Å². The molecule has 0 bridgehead atoms. The van der Waals surface area contributed by atoms with Crippen molar-refractivity contribution in [1.82, 2.24) is 4.90 Å². The molecule has 1 aliphatic rings. The summed E-state index contributed by atoms with van der Waals surface area (Å²) < 4.78 is 38.8. The van der Waals surface area contributed by atoms with E-state index in [0.717, 1.165) is 0 Å². The van der Waals surface area contributed by atoms with Gasteiger partial charge in [-0.25, -0.2) is 8.42 Å². The summed E-state index contributed by atoms with van der Waals surface area (Å²) in [5.74, 6) is 0.866. The van der Waals surface area contributed by atoms with Gasteiger partial charge in [0.05, 0.1) is 24.1 Å². The molecule has 8 heteroatoms. The number of fused-ring (bicyclic) bond motifs is 1. The molecule has 3 rings (SSSR count). The molecule has 1 amide bonds. The Labute approximate surface area is 158 Å². The molecule has 0 atom stereocenters. The van der Waals surface area contributed by atoms with Crippen molar-refractivity contribution in [3.8, 4) is 11.5 Å². The van der Waals surface area contributed by atoms with Crippen LogP contribution in [0.15, 0.2) is 41.3 Å². The van der Waals surface area contributed by atoms with Crippen molar-refractivity contribution in [2.24, 2.45) is 0 Å². The zero-order valence-electron chi connectivity index (χ0n) is 15.5. The predicted molar refractivity (Wildman–Crippen MR) is 102 cm³/mol. The molecule has 0 unspecified atom stereocenters. The van der Waals surface area contributed by atoms with Crippen LogP contribution in [0, 0.1) is 6.92 Å². The molecule has 27 heavy (non-hydrogen) atoms. The van der Waals surface area contributed by atoms with Crippen LogP contribution >= 0.6 is 0 Å². The van der Waals surface area contributed by atoms with Gasteiger partial charge in [0, 0.05) is 12.2 Å². The smallest absolute Gasteiger partial charge is 0.262 e. The second kappa shape index (κ2) is 7.48. The van der Waals surface area contributed by atoms with Crippen molar-refractivity contribution in [3.63, 3.8) is 0 Å². The number of anilines is 1. The first kappa shape index (κ1) is 19.0. The van der Waals surface area contributed by atoms with Crippen LogP contribution in [0.1, 0.15) is 22.8 Å². The van der Waals surface area contributed by atoms with Crippen LogP contribution in [0.3, 0.4) is 0 Å². The minimum Gasteiger partial charge on any atom is -0.497 e. The number of ether oxygens (including phenoxy) is 2. The van der Waals surface area contributed by atoms with Gasteiger partial charge in [0.25, 0.3) is 15.9 Å². The predicted octanol–water partition coefficient (Wildman–Crippen LogP) is 2.66. The lowest BCUT2D eigenvalue weighted by molar-refractivity contribution is 0.0765. The molecule has 0 saturated carbocycles. The highest BCUT2D eigenvalue weighted by Gasteiger charge is 2.24. The number of likely N-dealkylation sites (N-methyl/N-ethyl adjacent to an activating group) is 1. The number of carbonyl (C=O) groups excluding carboxylic acids is 1. The van der Waals surface area contributed by atoms with Gasteiger partial charge in [-0.1, -0.05) is 0 Å². The van der Waals surface area contributed by atoms with E-state index >= 15 is 0 Å². The van der Waals surface area contributed by atoms with Gasteiger partial charge in [0.15, 0.2) is 0 Å². The Morgan fingerprint density at radius 1 is 1.22 bits per heavy atom. The maximum Gasteiger partial charge on any atom is 0.262 e. The monoisotopic (exact) mass is 390 g/mol. The highest BCUT2D eigenvalue weighted by molar-refractivity contribution is 7.92. The van der Waals surface area contributed by atoms with Crippen LogP contribution in [-0.4, -0.2) is 46.0 Å². The summed E-state index contributed by atoms with van der Waals surface area (Å²) in [5.41, 5.74) is 1.22. The summed E-state index contributed by atoms with van der Waals surface area (Å²) in [6.07, 6.45) is 0. The number of methoxy groups -OCH3 is 1. The molecule has 2 aromatic carbocycles. The SMILES string of the molecule is CCN1CCOc2ccc(NS(=O)(=O)c3ccc(OC)cc3C)cc2C1=O. The molecule has 1 heterocycles. The largest absolute Gasteiger partial charge is 0.497 e. The topological polar surface area (TPSA) is 84.9 Å². The third-order valence-electron chi connectivity index (χ3n) is 4.42. The molecule has 0 aliphatic carbocycles. The molecular weight excluding hydrogens is 368 g/mol. The summed E-state index contributed by atoms with van der Waals surface area (Å²) in [5, 5.41) is 0. The number of hydrogen-bond donors (Lipinski definition) is 1. The van der Waals surface area contributed by atoms with E-state index in [1.807, 2.05) is 6.92 Å². The second-order valence-corrected chi connectivity index (χ2v) is 7.83. The van der Waals surface area contributed by atoms with E-state index < -0.39 is 10.0 Å². The fourth-order valence-corrected chi connectivity index (χ4v) is 4.26. The maximum atomic E-state index is 12.8. The summed E-state index contributed by atoms with van der Waals surface area (Å²) in [6, 6.07) is 9.46. The molecule has 0 spiro atoms. The first-order valence-electron chi connectivity index (χ1n) is 8.59. The molecule has 7 nitrogen and oxygen atoms in total. The third-order valence-corrected chi connectivity index (χ3v) is 5.96. The fraction of sp³-hybridized carbons (Fsp3) is 0.316. The normalized spacial score (nSPS) is 14.2. The Bertz CT molecular complexity index is 972. The molecule has 0 fully saturated rings. The number of benzene rings is 2. The maximum absolute atomic E-state index is 12.8. The number of rotatable bonds is 5. The van der Waals surface area contributed by atoms with Crippen LogP contribution in [0.4, 0.5) is 5.69 Å². The molecule has 144 valence electrons. The Morgan fingerprint density at radius 2 is 2.00 bits per heavy atom. The average molecular weight is 390 g/mol. The standard InChI is InChI=1S/C19H22N2O5S/c1-4-21-9-10-26-17-7-5-14(12-16(17)19(21)22)20-27(23,24)18-8-6-15(25-3)11-13(18)2/h5-8,11-12,20H,4,9-10H2,1-3H3. The zero-order chi connectivity index (χ0) is 19.6. The third kappa shape index (κ3) is 3.85. The fourth-order valence-electron chi connectivity index (χ4n) is 2.99. The Kier molecular flexibility index (Phi) is 5.27. The quantitative estimate of drug-likeness (QED) is 0.848. The number of sulfonamides is 1. The molecule has 0 saturated heterocycles. The Balaban J connectivity index is 1.93. The summed E-state index contributed by atoms with van der Waals surface area (Å²) in [6.45, 7) is 5.05. The van der Waals surface area contributed by atoms with Crippen LogP contribution in [0.2, 0.25) is 0 Å². The van der Waals surface area contributed by atoms with Crippen molar-refractivity contribution in [2.45, 2.75) is 18.7 Å². The number of carbonyl (C=O) groups is 1. The molecule has 1 aliphatic heterocycles. The van der Waals surface area contributed by atoms with E-state index in [1.54, 1.807) is 36.1 Å². The van der Waals surface area contributed by atoms with E-state index in [4.69, 9.17) is 9.47 Å². The molecule has 0 aromatic heterocycles. The molecular formula is C19H22N2O5S. The number of nitrogens with zero attached hydrogens (tertiary/aromatic N) is 1. The molecule has 2 aromatic rings. The van der Waals surface area contributed by atoms with Gasteiger partial charge in [-0.3, -0.25) is 9.52 Å². The second-order valence-electron chi connectivity index (χ2n) is 6.18. The van der Waals surface area contributed by atoms with Crippen molar-refractivity contribution < 1.29 is 22.7 Å². The van der Waals surface area contributed by atoms with E-state index in [0.29, 0.717) is 48.0 Å². The van der Waals surface area contributed by atoms with Crippen LogP contribution < -0.4 is 14.2 Å². The molecule has 0 radical (unpaired) electrons. The first-order valence-corrected chi connectivity index (χ1v) is 10.1. The summed E-state index contributed by atoms with van der Waals surface area (Å²) in [4.78, 5) is 14.4. The van der Waals surface area contributed by atoms with E-state index in [1.165, 1.54) is 19.2 Å². The Morgan fingerprint density at radius 3 is 2.67 bits per heavy atom. The van der Waals surface area contributed by atoms with Gasteiger partial charge in [-0.05, 0) is 55.8 Å². The van der Waals surface area contributed by atoms with Crippen LogP contribution in [-0.2, 0) is 10.0 Å². The summed E-state index contributed by atoms with van der Waals surface area (Å²) in [7, 11) is -2.29. The first-order chi connectivity index (χ1) is 12.9. The summed E-state index contributed by atoms with van der Waals surface area (Å²) >= 11 is 0. The minimum absolute atomic E-state index is 0.149. The van der Waals surface area contributed by atoms with E-state index in [-0.39, 0.29) is 10.8 Å². The van der Waals surface area contributed by atoms with Gasteiger partial charge >= 0.3 is 0 Å². The lowest BCUT2D eigenvalue weighted by Crippen LogP contribution is -2.32. The van der Waals surface area contributed by atoms with Gasteiger partial charge in [0.2, 0.25) is 0 Å². The van der Waals surface area contributed by atoms with Gasteiger partial charge in [-0.2, -0.15) is 0 Å². The average Bonchev–Trinajstić information content (AvgIpc) is 2.79. The highest BCUT2D eigenvalue weighted by Crippen LogP contribution is 2.29. The van der Waals surface area contributed by atoms with Crippen LogP contribution in [0.5, 0.6) is 11.5 Å². The van der Waals surface area contributed by atoms with Gasteiger partial charge in [0.1, 0.15) is 18.1 Å². The number of amides is 1. The highest BCUT2D eigenvalue weighted by atomic mass is 32.2. The Hall–Kier alpha value is -2.74. The van der Waals surface area contributed by atoms with Crippen molar-refractivity contribution >= 4 is 21.6 Å². The number of nitrogens with one attached hydrogen (secondary N) is 1. The number of aryl methyl sites for hydroxylation is 1. The van der Waals surface area contributed by atoms with Crippen molar-refractivity contribution in [1.29, 1.82) is 0 Å². The zero-order valence-corrected chi connectivity index (χ0v) is 16.3. The van der Waals surface area contributed by atoms with E-state index in [2.05, 4.69) is 4.72 Å². The van der Waals surface area contributed by atoms with Crippen molar-refractivity contribution in [2.75, 3.05) is 31.5 Å². The van der Waals surface area contributed by atoms with E-state index in [9.17, 15) is 13.2 Å². The lowest BCUT2D eigenvalue weighted by Gasteiger charge is -2.17. The minimum atomic E-state index is -3.81.